The molecule has 0 aromatic rings. The fourth-order valence-electron chi connectivity index (χ4n) is 8.17. The van der Waals surface area contributed by atoms with Crippen LogP contribution in [0.3, 0.4) is 0 Å². The van der Waals surface area contributed by atoms with Gasteiger partial charge in [-0.05, 0) is 135 Å². The fourth-order valence-corrected chi connectivity index (χ4v) is 8.17. The summed E-state index contributed by atoms with van der Waals surface area (Å²) in [5.41, 5.74) is 0. The van der Waals surface area contributed by atoms with Crippen molar-refractivity contribution in [3.8, 4) is 0 Å². The highest BCUT2D eigenvalue weighted by atomic mass is 16.5. The minimum Gasteiger partial charge on any atom is -0.379 e. The maximum Gasteiger partial charge on any atom is 0.0594 e. The van der Waals surface area contributed by atoms with E-state index >= 15 is 0 Å². The first kappa shape index (κ1) is 52.6. The first-order valence-electron chi connectivity index (χ1n) is 22.8. The number of likely N-dealkylation sites (tertiary alicyclic amines) is 2. The minimum absolute atomic E-state index is 0. The zero-order valence-electron chi connectivity index (χ0n) is 38.2. The quantitative estimate of drug-likeness (QED) is 0.303. The van der Waals surface area contributed by atoms with Crippen LogP contribution < -0.4 is 0 Å². The molecule has 0 saturated carbocycles. The minimum atomic E-state index is 0. The summed E-state index contributed by atoms with van der Waals surface area (Å²) in [7, 11) is 2.19. The van der Waals surface area contributed by atoms with Gasteiger partial charge in [0, 0.05) is 115 Å². The van der Waals surface area contributed by atoms with E-state index in [1.54, 1.807) is 0 Å². The fraction of sp³-hybridized carbons (Fsp3) is 1.00. The van der Waals surface area contributed by atoms with E-state index in [-0.39, 0.29) is 7.43 Å². The number of piperazine rings is 2. The Balaban J connectivity index is 0.000000347. The summed E-state index contributed by atoms with van der Waals surface area (Å²) in [6.07, 6.45) is 6.97. The van der Waals surface area contributed by atoms with Gasteiger partial charge in [-0.25, -0.2) is 0 Å². The second kappa shape index (κ2) is 30.6. The maximum atomic E-state index is 5.40. The highest BCUT2D eigenvalue weighted by molar-refractivity contribution is 4.82. The van der Waals surface area contributed by atoms with Crippen LogP contribution in [0, 0.1) is 0 Å². The first-order valence-corrected chi connectivity index (χ1v) is 22.8. The van der Waals surface area contributed by atoms with Crippen LogP contribution in [-0.2, 0) is 9.47 Å². The summed E-state index contributed by atoms with van der Waals surface area (Å²) in [6.45, 7) is 49.6. The average Bonchev–Trinajstić information content (AvgIpc) is 3.20. The van der Waals surface area contributed by atoms with Gasteiger partial charge in [0.1, 0.15) is 0 Å². The molecule has 0 atom stereocenters. The number of hydrogen-bond acceptors (Lipinski definition) is 10. The molecule has 55 heavy (non-hydrogen) atoms. The number of rotatable bonds is 7. The van der Waals surface area contributed by atoms with Crippen molar-refractivity contribution >= 4 is 0 Å². The molecule has 6 rings (SSSR count). The van der Waals surface area contributed by atoms with Crippen LogP contribution in [0.1, 0.15) is 116 Å². The normalized spacial score (nSPS) is 23.9. The SMILES string of the molecule is C.CC(C)N1CCC(N2CCOCC2)CC1.CC(C)N1CCCCC1.CC(C)N1CCN(C)CC1.CC(C)N1CCOCC1.CCN1CCN(C(C)C)CC1. The van der Waals surface area contributed by atoms with Gasteiger partial charge < -0.3 is 29.1 Å². The molecule has 6 fully saturated rings. The van der Waals surface area contributed by atoms with Crippen LogP contribution in [0.5, 0.6) is 0 Å². The van der Waals surface area contributed by atoms with Gasteiger partial charge in [0.15, 0.2) is 0 Å². The van der Waals surface area contributed by atoms with Gasteiger partial charge in [-0.15, -0.1) is 0 Å². The molecule has 0 aromatic carbocycles. The smallest absolute Gasteiger partial charge is 0.0594 e. The van der Waals surface area contributed by atoms with Crippen molar-refractivity contribution in [2.45, 2.75) is 152 Å². The molecule has 10 nitrogen and oxygen atoms in total. The lowest BCUT2D eigenvalue weighted by molar-refractivity contribution is -0.00175. The van der Waals surface area contributed by atoms with Gasteiger partial charge in [-0.1, -0.05) is 20.8 Å². The third kappa shape index (κ3) is 22.5. The highest BCUT2D eigenvalue weighted by Crippen LogP contribution is 2.19. The lowest BCUT2D eigenvalue weighted by Gasteiger charge is -2.41. The number of likely N-dealkylation sites (N-methyl/N-ethyl adjacent to an activating group) is 2. The van der Waals surface area contributed by atoms with E-state index < -0.39 is 0 Å². The Bertz CT molecular complexity index is 829. The molecular weight excluding hydrogens is 685 g/mol. The molecule has 0 N–H and O–H groups in total. The van der Waals surface area contributed by atoms with Crippen LogP contribution >= 0.6 is 0 Å². The molecule has 0 radical (unpaired) electrons. The number of morpholine rings is 2. The molecule has 0 bridgehead atoms. The molecule has 0 aromatic heterocycles. The molecule has 0 unspecified atom stereocenters. The van der Waals surface area contributed by atoms with Crippen molar-refractivity contribution in [1.29, 1.82) is 0 Å². The van der Waals surface area contributed by atoms with E-state index in [0.717, 1.165) is 82.8 Å². The lowest BCUT2D eigenvalue weighted by Crippen LogP contribution is -2.50. The predicted octanol–water partition coefficient (Wildman–Crippen LogP) is 6.11. The third-order valence-electron chi connectivity index (χ3n) is 12.5. The van der Waals surface area contributed by atoms with E-state index in [9.17, 15) is 0 Å². The van der Waals surface area contributed by atoms with Gasteiger partial charge in [0.05, 0.1) is 26.4 Å². The summed E-state index contributed by atoms with van der Waals surface area (Å²) in [5.74, 6) is 0. The monoisotopic (exact) mass is 783 g/mol. The maximum absolute atomic E-state index is 5.40. The van der Waals surface area contributed by atoms with Gasteiger partial charge in [-0.3, -0.25) is 19.6 Å². The van der Waals surface area contributed by atoms with Gasteiger partial charge in [0.25, 0.3) is 0 Å². The van der Waals surface area contributed by atoms with E-state index in [4.69, 9.17) is 9.47 Å². The van der Waals surface area contributed by atoms with Gasteiger partial charge in [-0.2, -0.15) is 0 Å². The zero-order valence-corrected chi connectivity index (χ0v) is 38.2. The number of piperidine rings is 2. The third-order valence-corrected chi connectivity index (χ3v) is 12.5. The van der Waals surface area contributed by atoms with E-state index in [1.165, 1.54) is 117 Å². The Labute approximate surface area is 344 Å². The first-order chi connectivity index (χ1) is 25.8. The van der Waals surface area contributed by atoms with Crippen LogP contribution in [-0.4, -0.2) is 220 Å². The van der Waals surface area contributed by atoms with Crippen LogP contribution in [0.2, 0.25) is 0 Å². The van der Waals surface area contributed by atoms with Crippen molar-refractivity contribution in [3.05, 3.63) is 0 Å². The molecule has 0 spiro atoms. The Morgan fingerprint density at radius 3 is 1.13 bits per heavy atom. The van der Waals surface area contributed by atoms with E-state index in [0.29, 0.717) is 6.04 Å². The summed E-state index contributed by atoms with van der Waals surface area (Å²) < 4.78 is 10.6. The van der Waals surface area contributed by atoms with Crippen LogP contribution in [0.15, 0.2) is 0 Å². The second-order valence-electron chi connectivity index (χ2n) is 17.9. The second-order valence-corrected chi connectivity index (χ2v) is 17.9. The Hall–Kier alpha value is -0.400. The summed E-state index contributed by atoms with van der Waals surface area (Å²) >= 11 is 0. The Morgan fingerprint density at radius 2 is 0.764 bits per heavy atom. The summed E-state index contributed by atoms with van der Waals surface area (Å²) in [4.78, 5) is 20.2. The Morgan fingerprint density at radius 1 is 0.418 bits per heavy atom. The predicted molar refractivity (Wildman–Crippen MR) is 240 cm³/mol. The van der Waals surface area contributed by atoms with E-state index in [2.05, 4.69) is 122 Å². The van der Waals surface area contributed by atoms with Crippen molar-refractivity contribution < 1.29 is 9.47 Å². The largest absolute Gasteiger partial charge is 0.379 e. The average molecular weight is 783 g/mol. The molecule has 6 heterocycles. The molecule has 10 heteroatoms. The van der Waals surface area contributed by atoms with E-state index in [1.807, 2.05) is 0 Å². The number of ether oxygens (including phenoxy) is 2. The van der Waals surface area contributed by atoms with Crippen molar-refractivity contribution in [2.24, 2.45) is 0 Å². The number of hydrogen-bond donors (Lipinski definition) is 0. The van der Waals surface area contributed by atoms with Gasteiger partial charge in [0.2, 0.25) is 0 Å². The molecule has 6 saturated heterocycles. The molecule has 6 aliphatic heterocycles. The molecule has 330 valence electrons. The molecule has 0 amide bonds. The van der Waals surface area contributed by atoms with Crippen molar-refractivity contribution in [3.63, 3.8) is 0 Å². The van der Waals surface area contributed by atoms with Crippen molar-refractivity contribution in [2.75, 3.05) is 145 Å². The van der Waals surface area contributed by atoms with Gasteiger partial charge >= 0.3 is 0 Å². The lowest BCUT2D eigenvalue weighted by atomic mass is 10.0. The zero-order chi connectivity index (χ0) is 39.9. The topological polar surface area (TPSA) is 44.4 Å². The van der Waals surface area contributed by atoms with Crippen LogP contribution in [0.25, 0.3) is 0 Å². The summed E-state index contributed by atoms with van der Waals surface area (Å²) in [6, 6.07) is 4.46. The Kier molecular flexibility index (Phi) is 29.3. The molecule has 6 aliphatic rings. The van der Waals surface area contributed by atoms with Crippen molar-refractivity contribution in [1.82, 2.24) is 39.2 Å². The molecule has 0 aliphatic carbocycles. The number of nitrogens with zero attached hydrogens (tertiary/aromatic N) is 8. The van der Waals surface area contributed by atoms with Crippen LogP contribution in [0.4, 0.5) is 0 Å². The highest BCUT2D eigenvalue weighted by Gasteiger charge is 2.26. The summed E-state index contributed by atoms with van der Waals surface area (Å²) in [5, 5.41) is 0. The molecular formula is C45H98N8O2. The standard InChI is InChI=1S/C12H24N2O.C9H20N2.C8H18N2.C8H17N.C7H15NO.CH4/c1-11(2)13-5-3-12(4-6-13)14-7-9-15-10-8-14;1-4-10-5-7-11(8-6-10)9(2)3;1-8(2)10-6-4-9(3)5-7-10;1-8(2)9-6-4-3-5-7-9;1-7(2)8-3-5-9-6-4-8;/h11-12H,3-10H2,1-2H3;9H,4-8H2,1-3H3;8H,4-7H2,1-3H3;8H,3-7H2,1-2H3;7H,3-6H2,1-2H3;1H4.